The van der Waals surface area contributed by atoms with Crippen LogP contribution in [0.1, 0.15) is 5.56 Å². The highest BCUT2D eigenvalue weighted by molar-refractivity contribution is 8.18. The Morgan fingerprint density at radius 3 is 2.64 bits per heavy atom. The second kappa shape index (κ2) is 12.7. The van der Waals surface area contributed by atoms with Gasteiger partial charge in [-0.1, -0.05) is 18.2 Å². The number of pyridine rings is 1. The molecule has 2 aromatic carbocycles. The van der Waals surface area contributed by atoms with Gasteiger partial charge < -0.3 is 24.4 Å². The number of methoxy groups -OCH3 is 1. The second-order valence-electron chi connectivity index (χ2n) is 9.06. The topological polar surface area (TPSA) is 153 Å². The molecule has 0 atom stereocenters. The van der Waals surface area contributed by atoms with E-state index >= 15 is 0 Å². The molecule has 3 amide bonds. The fraction of sp³-hybridized carbons (Fsp3) is 0.214. The van der Waals surface area contributed by atoms with Crippen LogP contribution in [0.15, 0.2) is 65.7 Å². The van der Waals surface area contributed by atoms with E-state index in [1.165, 1.54) is 25.3 Å². The summed E-state index contributed by atoms with van der Waals surface area (Å²) in [5.41, 5.74) is 1.80. The monoisotopic (exact) mass is 591 g/mol. The molecule has 3 aromatic rings. The average molecular weight is 592 g/mol. The number of imide groups is 1. The first kappa shape index (κ1) is 28.6. The van der Waals surface area contributed by atoms with Gasteiger partial charge in [-0.25, -0.2) is 4.98 Å². The van der Waals surface area contributed by atoms with Crippen molar-refractivity contribution in [1.82, 2.24) is 9.88 Å². The number of benzene rings is 2. The minimum absolute atomic E-state index is 0.124. The van der Waals surface area contributed by atoms with Crippen molar-refractivity contribution in [1.29, 1.82) is 0 Å². The lowest BCUT2D eigenvalue weighted by Crippen LogP contribution is -2.38. The number of rotatable bonds is 9. The van der Waals surface area contributed by atoms with E-state index in [2.05, 4.69) is 15.2 Å². The highest BCUT2D eigenvalue weighted by atomic mass is 32.2. The van der Waals surface area contributed by atoms with Crippen LogP contribution in [0.25, 0.3) is 6.08 Å². The summed E-state index contributed by atoms with van der Waals surface area (Å²) in [7, 11) is 1.43. The molecule has 5 rings (SSSR count). The van der Waals surface area contributed by atoms with E-state index in [0.717, 1.165) is 28.5 Å². The van der Waals surface area contributed by atoms with Gasteiger partial charge >= 0.3 is 0 Å². The Labute approximate surface area is 244 Å². The molecule has 0 saturated carbocycles. The van der Waals surface area contributed by atoms with Crippen LogP contribution in [0.5, 0.6) is 17.4 Å². The van der Waals surface area contributed by atoms with E-state index in [9.17, 15) is 24.5 Å². The number of nitrogens with one attached hydrogen (secondary N) is 1. The highest BCUT2D eigenvalue weighted by Crippen LogP contribution is 2.36. The second-order valence-corrected chi connectivity index (χ2v) is 10.0. The molecular weight excluding hydrogens is 566 g/mol. The standard InChI is InChI=1S/C28H25N5O8S/c1-39-23-14-18(6-8-22(23)41-26-9-7-19(16-29-26)33(37)38)15-24-27(35)32(28(36)42-24)17-25(34)30-20-4-2-3-5-21(20)31-10-12-40-13-11-31/h2-9,14-16H,10-13,17H2,1H3,(H,30,34)/b24-15+. The highest BCUT2D eigenvalue weighted by Gasteiger charge is 2.36. The Morgan fingerprint density at radius 2 is 1.93 bits per heavy atom. The van der Waals surface area contributed by atoms with Gasteiger partial charge in [-0.3, -0.25) is 29.4 Å². The first-order chi connectivity index (χ1) is 20.3. The molecule has 216 valence electrons. The molecular formula is C28H25N5O8S. The normalized spacial score (nSPS) is 16.1. The average Bonchev–Trinajstić information content (AvgIpc) is 3.26. The zero-order chi connectivity index (χ0) is 29.6. The number of nitrogens with zero attached hydrogens (tertiary/aromatic N) is 4. The summed E-state index contributed by atoms with van der Waals surface area (Å²) >= 11 is 0.734. The summed E-state index contributed by atoms with van der Waals surface area (Å²) in [4.78, 5) is 56.0. The Bertz CT molecular complexity index is 1560. The maximum absolute atomic E-state index is 13.1. The Hall–Kier alpha value is -4.95. The maximum Gasteiger partial charge on any atom is 0.294 e. The number of nitro groups is 1. The number of hydrogen-bond acceptors (Lipinski definition) is 11. The summed E-state index contributed by atoms with van der Waals surface area (Å²) < 4.78 is 16.5. The molecule has 14 heteroatoms. The summed E-state index contributed by atoms with van der Waals surface area (Å²) in [6.07, 6.45) is 2.60. The molecule has 2 aliphatic heterocycles. The van der Waals surface area contributed by atoms with Crippen molar-refractivity contribution in [2.75, 3.05) is 50.2 Å². The molecule has 1 N–H and O–H groups in total. The van der Waals surface area contributed by atoms with Crippen LogP contribution in [-0.4, -0.2) is 71.8 Å². The summed E-state index contributed by atoms with van der Waals surface area (Å²) in [5, 5.41) is 13.1. The zero-order valence-corrected chi connectivity index (χ0v) is 23.2. The molecule has 2 aliphatic rings. The molecule has 0 spiro atoms. The van der Waals surface area contributed by atoms with Crippen LogP contribution in [0.2, 0.25) is 0 Å². The van der Waals surface area contributed by atoms with Crippen molar-refractivity contribution < 1.29 is 33.5 Å². The molecule has 0 radical (unpaired) electrons. The van der Waals surface area contributed by atoms with Crippen molar-refractivity contribution in [2.24, 2.45) is 0 Å². The number of amides is 3. The van der Waals surface area contributed by atoms with Crippen LogP contribution in [0.3, 0.4) is 0 Å². The Morgan fingerprint density at radius 1 is 1.14 bits per heavy atom. The predicted octanol–water partition coefficient (Wildman–Crippen LogP) is 4.30. The third kappa shape index (κ3) is 6.50. The van der Waals surface area contributed by atoms with Gasteiger partial charge in [0.1, 0.15) is 12.7 Å². The lowest BCUT2D eigenvalue weighted by atomic mass is 10.2. The number of ether oxygens (including phenoxy) is 3. The van der Waals surface area contributed by atoms with Crippen LogP contribution in [0.4, 0.5) is 21.9 Å². The maximum atomic E-state index is 13.1. The lowest BCUT2D eigenvalue weighted by Gasteiger charge is -2.30. The molecule has 1 aromatic heterocycles. The lowest BCUT2D eigenvalue weighted by molar-refractivity contribution is -0.385. The van der Waals surface area contributed by atoms with Crippen molar-refractivity contribution in [3.8, 4) is 17.4 Å². The molecule has 0 unspecified atom stereocenters. The first-order valence-electron chi connectivity index (χ1n) is 12.8. The van der Waals surface area contributed by atoms with Gasteiger partial charge in [-0.2, -0.15) is 0 Å². The van der Waals surface area contributed by atoms with E-state index in [1.807, 2.05) is 12.1 Å². The number of aromatic nitrogens is 1. The molecule has 2 saturated heterocycles. The third-order valence-electron chi connectivity index (χ3n) is 6.34. The minimum atomic E-state index is -0.587. The van der Waals surface area contributed by atoms with Crippen molar-refractivity contribution in [3.63, 3.8) is 0 Å². The van der Waals surface area contributed by atoms with Crippen molar-refractivity contribution in [2.45, 2.75) is 0 Å². The Balaban J connectivity index is 1.25. The number of thioether (sulfide) groups is 1. The molecule has 13 nitrogen and oxygen atoms in total. The van der Waals surface area contributed by atoms with Crippen molar-refractivity contribution >= 4 is 52.0 Å². The number of hydrogen-bond donors (Lipinski definition) is 1. The van der Waals surface area contributed by atoms with Crippen molar-refractivity contribution in [3.05, 3.63) is 81.4 Å². The fourth-order valence-electron chi connectivity index (χ4n) is 4.29. The molecule has 0 bridgehead atoms. The minimum Gasteiger partial charge on any atom is -0.493 e. The van der Waals surface area contributed by atoms with Gasteiger partial charge in [0, 0.05) is 25.2 Å². The van der Waals surface area contributed by atoms with Gasteiger partial charge in [0.25, 0.3) is 16.8 Å². The summed E-state index contributed by atoms with van der Waals surface area (Å²) in [5.74, 6) is -0.364. The van der Waals surface area contributed by atoms with E-state index in [1.54, 1.807) is 30.3 Å². The van der Waals surface area contributed by atoms with Crippen LogP contribution in [-0.2, 0) is 14.3 Å². The summed E-state index contributed by atoms with van der Waals surface area (Å²) in [6.45, 7) is 2.12. The smallest absolute Gasteiger partial charge is 0.294 e. The number of carbonyl (C=O) groups excluding carboxylic acids is 3. The van der Waals surface area contributed by atoms with Crippen LogP contribution >= 0.6 is 11.8 Å². The molecule has 42 heavy (non-hydrogen) atoms. The zero-order valence-electron chi connectivity index (χ0n) is 22.3. The number of morpholine rings is 1. The van der Waals surface area contributed by atoms with E-state index in [-0.39, 0.29) is 22.2 Å². The summed E-state index contributed by atoms with van der Waals surface area (Å²) in [6, 6.07) is 14.8. The number of carbonyl (C=O) groups is 3. The van der Waals surface area contributed by atoms with Gasteiger partial charge in [-0.15, -0.1) is 0 Å². The SMILES string of the molecule is COc1cc(/C=C2/SC(=O)N(CC(=O)Nc3ccccc3N3CCOCC3)C2=O)ccc1Oc1ccc([N+](=O)[O-])cn1. The largest absolute Gasteiger partial charge is 0.493 e. The van der Waals surface area contributed by atoms with E-state index in [4.69, 9.17) is 14.2 Å². The predicted molar refractivity (Wildman–Crippen MR) is 155 cm³/mol. The quantitative estimate of drug-likeness (QED) is 0.215. The van der Waals surface area contributed by atoms with Gasteiger partial charge in [0.15, 0.2) is 11.5 Å². The first-order valence-corrected chi connectivity index (χ1v) is 13.6. The molecule has 2 fully saturated rings. The van der Waals surface area contributed by atoms with Crippen LogP contribution < -0.4 is 19.7 Å². The van der Waals surface area contributed by atoms with Gasteiger partial charge in [0.05, 0.1) is 41.5 Å². The Kier molecular flexibility index (Phi) is 8.64. The number of anilines is 2. The van der Waals surface area contributed by atoms with Gasteiger partial charge in [0.2, 0.25) is 11.8 Å². The third-order valence-corrected chi connectivity index (χ3v) is 7.24. The van der Waals surface area contributed by atoms with E-state index in [0.29, 0.717) is 43.3 Å². The molecule has 0 aliphatic carbocycles. The van der Waals surface area contributed by atoms with Crippen LogP contribution in [0, 0.1) is 10.1 Å². The van der Waals surface area contributed by atoms with Gasteiger partial charge in [-0.05, 0) is 47.7 Å². The number of para-hydroxylation sites is 2. The molecule has 3 heterocycles. The fourth-order valence-corrected chi connectivity index (χ4v) is 5.13. The van der Waals surface area contributed by atoms with E-state index < -0.39 is 28.5 Å².